The van der Waals surface area contributed by atoms with Crippen LogP contribution in [0.15, 0.2) is 24.3 Å². The van der Waals surface area contributed by atoms with Crippen LogP contribution in [0.3, 0.4) is 0 Å². The summed E-state index contributed by atoms with van der Waals surface area (Å²) in [6.07, 6.45) is 0.0101. The van der Waals surface area contributed by atoms with Crippen LogP contribution in [-0.2, 0) is 26.5 Å². The minimum absolute atomic E-state index is 0.0101. The highest BCUT2D eigenvalue weighted by Gasteiger charge is 2.07. The first-order valence-corrected chi connectivity index (χ1v) is 6.81. The second-order valence-electron chi connectivity index (χ2n) is 3.64. The molecule has 4 nitrogen and oxygen atoms in total. The zero-order valence-corrected chi connectivity index (χ0v) is 11.0. The van der Waals surface area contributed by atoms with Crippen LogP contribution in [0, 0.1) is 0 Å². The number of esters is 1. The summed E-state index contributed by atoms with van der Waals surface area (Å²) >= 11 is 1.43. The molecule has 0 unspecified atom stereocenters. The van der Waals surface area contributed by atoms with E-state index in [0.717, 1.165) is 11.1 Å². The Bertz CT molecular complexity index is 417. The molecule has 0 radical (unpaired) electrons. The van der Waals surface area contributed by atoms with Crippen molar-refractivity contribution in [2.75, 3.05) is 12.4 Å². The van der Waals surface area contributed by atoms with Crippen LogP contribution in [0.1, 0.15) is 18.1 Å². The number of carbonyl (C=O) groups is 2. The van der Waals surface area contributed by atoms with Gasteiger partial charge in [-0.25, -0.2) is 0 Å². The predicted molar refractivity (Wildman–Crippen MR) is 70.6 cm³/mol. The molecule has 0 aliphatic heterocycles. The van der Waals surface area contributed by atoms with E-state index >= 15 is 0 Å². The minimum Gasteiger partial charge on any atom is -0.481 e. The maximum Gasteiger partial charge on any atom is 0.315 e. The normalized spacial score (nSPS) is 10.1. The van der Waals surface area contributed by atoms with Crippen LogP contribution in [0.5, 0.6) is 0 Å². The average Bonchev–Trinajstić information content (AvgIpc) is 2.31. The van der Waals surface area contributed by atoms with Gasteiger partial charge in [0, 0.05) is 5.75 Å². The summed E-state index contributed by atoms with van der Waals surface area (Å²) < 4.78 is 4.82. The van der Waals surface area contributed by atoms with Crippen molar-refractivity contribution in [3.05, 3.63) is 35.4 Å². The van der Waals surface area contributed by atoms with Gasteiger partial charge in [0.05, 0.1) is 18.8 Å². The van der Waals surface area contributed by atoms with Crippen LogP contribution in [0.2, 0.25) is 0 Å². The minimum atomic E-state index is -0.849. The monoisotopic (exact) mass is 268 g/mol. The van der Waals surface area contributed by atoms with E-state index in [1.54, 1.807) is 13.0 Å². The van der Waals surface area contributed by atoms with Crippen molar-refractivity contribution in [2.45, 2.75) is 19.1 Å². The third-order valence-electron chi connectivity index (χ3n) is 2.24. The van der Waals surface area contributed by atoms with Crippen LogP contribution in [-0.4, -0.2) is 29.4 Å². The van der Waals surface area contributed by atoms with Crippen LogP contribution in [0.25, 0.3) is 0 Å². The lowest BCUT2D eigenvalue weighted by atomic mass is 10.1. The third-order valence-corrected chi connectivity index (χ3v) is 3.20. The average molecular weight is 268 g/mol. The number of rotatable bonds is 7. The fraction of sp³-hybridized carbons (Fsp3) is 0.385. The van der Waals surface area contributed by atoms with Gasteiger partial charge in [0.25, 0.3) is 0 Å². The summed E-state index contributed by atoms with van der Waals surface area (Å²) in [5.41, 5.74) is 1.75. The fourth-order valence-electron chi connectivity index (χ4n) is 1.48. The zero-order chi connectivity index (χ0) is 13.4. The van der Waals surface area contributed by atoms with E-state index in [0.29, 0.717) is 12.4 Å². The number of benzene rings is 1. The van der Waals surface area contributed by atoms with E-state index in [2.05, 4.69) is 0 Å². The smallest absolute Gasteiger partial charge is 0.315 e. The number of carbonyl (C=O) groups excluding carboxylic acids is 1. The van der Waals surface area contributed by atoms with Gasteiger partial charge in [-0.2, -0.15) is 0 Å². The quantitative estimate of drug-likeness (QED) is 0.767. The third kappa shape index (κ3) is 5.23. The van der Waals surface area contributed by atoms with Gasteiger partial charge < -0.3 is 9.84 Å². The first-order chi connectivity index (χ1) is 8.63. The molecule has 0 saturated heterocycles. The van der Waals surface area contributed by atoms with Gasteiger partial charge in [0.1, 0.15) is 0 Å². The second kappa shape index (κ2) is 7.76. The maximum atomic E-state index is 11.2. The lowest BCUT2D eigenvalue weighted by Gasteiger charge is -2.07. The Morgan fingerprint density at radius 3 is 2.56 bits per heavy atom. The molecule has 0 heterocycles. The number of ether oxygens (including phenoxy) is 1. The van der Waals surface area contributed by atoms with Crippen LogP contribution in [0.4, 0.5) is 0 Å². The zero-order valence-electron chi connectivity index (χ0n) is 10.2. The van der Waals surface area contributed by atoms with Gasteiger partial charge in [-0.1, -0.05) is 24.3 Å². The summed E-state index contributed by atoms with van der Waals surface area (Å²) in [4.78, 5) is 21.9. The SMILES string of the molecule is CCOC(=O)CSCc1ccccc1CC(=O)O. The molecule has 0 aromatic heterocycles. The van der Waals surface area contributed by atoms with E-state index in [1.165, 1.54) is 11.8 Å². The van der Waals surface area contributed by atoms with Crippen molar-refractivity contribution >= 4 is 23.7 Å². The van der Waals surface area contributed by atoms with Crippen LogP contribution < -0.4 is 0 Å². The van der Waals surface area contributed by atoms with Crippen molar-refractivity contribution in [1.82, 2.24) is 0 Å². The molecule has 0 aliphatic rings. The summed E-state index contributed by atoms with van der Waals surface area (Å²) in [7, 11) is 0. The molecule has 0 atom stereocenters. The van der Waals surface area contributed by atoms with Crippen molar-refractivity contribution in [1.29, 1.82) is 0 Å². The number of hydrogen-bond acceptors (Lipinski definition) is 4. The van der Waals surface area contributed by atoms with Crippen molar-refractivity contribution in [3.63, 3.8) is 0 Å². The lowest BCUT2D eigenvalue weighted by Crippen LogP contribution is -2.07. The van der Waals surface area contributed by atoms with Gasteiger partial charge in [0.15, 0.2) is 0 Å². The van der Waals surface area contributed by atoms with Gasteiger partial charge in [-0.15, -0.1) is 11.8 Å². The number of carboxylic acids is 1. The largest absolute Gasteiger partial charge is 0.481 e. The predicted octanol–water partition coefficient (Wildman–Crippen LogP) is 2.11. The first-order valence-electron chi connectivity index (χ1n) is 5.65. The molecule has 0 aliphatic carbocycles. The number of aliphatic carboxylic acids is 1. The molecule has 0 fully saturated rings. The molecular weight excluding hydrogens is 252 g/mol. The summed E-state index contributed by atoms with van der Waals surface area (Å²) in [5.74, 6) is -0.187. The fourth-order valence-corrected chi connectivity index (χ4v) is 2.33. The van der Waals surface area contributed by atoms with E-state index < -0.39 is 5.97 Å². The summed E-state index contributed by atoms with van der Waals surface area (Å²) in [6.45, 7) is 2.15. The summed E-state index contributed by atoms with van der Waals surface area (Å²) in [5, 5.41) is 8.79. The number of thioether (sulfide) groups is 1. The Morgan fingerprint density at radius 1 is 1.28 bits per heavy atom. The highest BCUT2D eigenvalue weighted by atomic mass is 32.2. The molecule has 1 N–H and O–H groups in total. The summed E-state index contributed by atoms with van der Waals surface area (Å²) in [6, 6.07) is 7.37. The van der Waals surface area contributed by atoms with Crippen molar-refractivity contribution in [2.24, 2.45) is 0 Å². The molecule has 0 bridgehead atoms. The van der Waals surface area contributed by atoms with Crippen molar-refractivity contribution in [3.8, 4) is 0 Å². The standard InChI is InChI=1S/C13H16O4S/c1-2-17-13(16)9-18-8-11-6-4-3-5-10(11)7-12(14)15/h3-6H,2,7-9H2,1H3,(H,14,15). The van der Waals surface area contributed by atoms with Gasteiger partial charge in [-0.05, 0) is 18.1 Å². The molecule has 98 valence electrons. The Labute approximate surface area is 110 Å². The van der Waals surface area contributed by atoms with Crippen molar-refractivity contribution < 1.29 is 19.4 Å². The Kier molecular flexibility index (Phi) is 6.28. The molecular formula is C13H16O4S. The first kappa shape index (κ1) is 14.6. The molecule has 1 rings (SSSR count). The van der Waals surface area contributed by atoms with E-state index in [1.807, 2.05) is 18.2 Å². The van der Waals surface area contributed by atoms with E-state index in [9.17, 15) is 9.59 Å². The van der Waals surface area contributed by atoms with Crippen LogP contribution >= 0.6 is 11.8 Å². The highest BCUT2D eigenvalue weighted by molar-refractivity contribution is 7.99. The maximum absolute atomic E-state index is 11.2. The Balaban J connectivity index is 2.51. The molecule has 0 amide bonds. The highest BCUT2D eigenvalue weighted by Crippen LogP contribution is 2.17. The Hall–Kier alpha value is -1.49. The second-order valence-corrected chi connectivity index (χ2v) is 4.62. The molecule has 0 spiro atoms. The Morgan fingerprint density at radius 2 is 1.94 bits per heavy atom. The van der Waals surface area contributed by atoms with Gasteiger partial charge in [0.2, 0.25) is 0 Å². The van der Waals surface area contributed by atoms with Gasteiger partial charge in [-0.3, -0.25) is 9.59 Å². The number of carboxylic acid groups (broad SMARTS) is 1. The molecule has 1 aromatic carbocycles. The van der Waals surface area contributed by atoms with Gasteiger partial charge >= 0.3 is 11.9 Å². The number of hydrogen-bond donors (Lipinski definition) is 1. The van der Waals surface area contributed by atoms with E-state index in [4.69, 9.17) is 9.84 Å². The molecule has 5 heteroatoms. The molecule has 0 saturated carbocycles. The molecule has 18 heavy (non-hydrogen) atoms. The topological polar surface area (TPSA) is 63.6 Å². The lowest BCUT2D eigenvalue weighted by molar-refractivity contribution is -0.140. The van der Waals surface area contributed by atoms with E-state index in [-0.39, 0.29) is 18.1 Å². The molecule has 1 aromatic rings.